The number of alkyl halides is 1. The third-order valence-electron chi connectivity index (χ3n) is 1.31. The van der Waals surface area contributed by atoms with Crippen molar-refractivity contribution in [2.24, 2.45) is 0 Å². The minimum Gasteiger partial charge on any atom is -0.193 e. The maximum atomic E-state index is 8.67. The van der Waals surface area contributed by atoms with Crippen LogP contribution in [0.2, 0.25) is 0 Å². The Morgan fingerprint density at radius 3 is 2.45 bits per heavy atom. The number of nitrogens with zero attached hydrogens (tertiary/aromatic N) is 1. The van der Waals surface area contributed by atoms with Crippen molar-refractivity contribution in [1.82, 2.24) is 0 Å². The van der Waals surface area contributed by atoms with Gasteiger partial charge in [-0.1, -0.05) is 30.3 Å². The fraction of sp³-hybridized carbons (Fsp3) is 0.125. The molecule has 0 aliphatic carbocycles. The maximum absolute atomic E-state index is 8.67. The molecule has 0 saturated heterocycles. The number of halogens is 1. The van der Waals surface area contributed by atoms with Gasteiger partial charge in [-0.3, -0.25) is 0 Å². The van der Waals surface area contributed by atoms with E-state index in [-0.39, 0.29) is 0 Å². The van der Waals surface area contributed by atoms with Gasteiger partial charge in [0, 0.05) is 7.92 Å². The van der Waals surface area contributed by atoms with Crippen LogP contribution in [0.15, 0.2) is 30.3 Å². The Bertz CT molecular complexity index is 255. The highest BCUT2D eigenvalue weighted by atomic mass is 35.5. The van der Waals surface area contributed by atoms with Crippen LogP contribution in [0.3, 0.4) is 0 Å². The first-order valence-electron chi connectivity index (χ1n) is 3.16. The molecule has 0 aliphatic rings. The summed E-state index contributed by atoms with van der Waals surface area (Å²) in [6, 6.07) is 9.67. The van der Waals surface area contributed by atoms with Gasteiger partial charge in [0.15, 0.2) is 0 Å². The predicted molar refractivity (Wildman–Crippen MR) is 49.3 cm³/mol. The van der Waals surface area contributed by atoms with E-state index in [0.717, 1.165) is 5.30 Å². The summed E-state index contributed by atoms with van der Waals surface area (Å²) < 4.78 is 0. The molecule has 3 heteroatoms. The molecule has 0 radical (unpaired) electrons. The average Bonchev–Trinajstić information content (AvgIpc) is 2.09. The lowest BCUT2D eigenvalue weighted by atomic mass is 10.4. The van der Waals surface area contributed by atoms with Gasteiger partial charge in [-0.05, 0) is 5.30 Å². The highest BCUT2D eigenvalue weighted by Gasteiger charge is 2.06. The van der Waals surface area contributed by atoms with E-state index in [9.17, 15) is 0 Å². The molecule has 1 nitrogen and oxygen atoms in total. The summed E-state index contributed by atoms with van der Waals surface area (Å²) in [5, 5.41) is 9.73. The Labute approximate surface area is 72.4 Å². The highest BCUT2D eigenvalue weighted by molar-refractivity contribution is 7.71. The first kappa shape index (κ1) is 8.53. The van der Waals surface area contributed by atoms with Crippen LogP contribution in [0, 0.1) is 11.1 Å². The molecular weight excluding hydrogens is 177 g/mol. The number of nitriles is 1. The van der Waals surface area contributed by atoms with Gasteiger partial charge in [0.2, 0.25) is 0 Å². The Balaban J connectivity index is 2.85. The van der Waals surface area contributed by atoms with Gasteiger partial charge < -0.3 is 0 Å². The molecule has 0 aromatic heterocycles. The van der Waals surface area contributed by atoms with Crippen molar-refractivity contribution < 1.29 is 0 Å². The van der Waals surface area contributed by atoms with E-state index in [1.54, 1.807) is 0 Å². The standard InChI is InChI=1S/C8H7ClNP/c9-6-11(7-10)8-4-2-1-3-5-8/h1-5H,6H2. The molecule has 11 heavy (non-hydrogen) atoms. The fourth-order valence-corrected chi connectivity index (χ4v) is 2.17. The molecule has 1 aromatic carbocycles. The Kier molecular flexibility index (Phi) is 3.36. The molecule has 0 aliphatic heterocycles. The van der Waals surface area contributed by atoms with Crippen LogP contribution in [-0.2, 0) is 0 Å². The Morgan fingerprint density at radius 2 is 2.00 bits per heavy atom. The fourth-order valence-electron chi connectivity index (χ4n) is 0.761. The Morgan fingerprint density at radius 1 is 1.36 bits per heavy atom. The smallest absolute Gasteiger partial charge is 0.0933 e. The van der Waals surface area contributed by atoms with Crippen LogP contribution in [0.25, 0.3) is 0 Å². The van der Waals surface area contributed by atoms with Crippen LogP contribution >= 0.6 is 19.5 Å². The molecule has 1 unspecified atom stereocenters. The summed E-state index contributed by atoms with van der Waals surface area (Å²) in [7, 11) is -0.780. The van der Waals surface area contributed by atoms with E-state index in [2.05, 4.69) is 5.81 Å². The van der Waals surface area contributed by atoms with Crippen LogP contribution in [0.1, 0.15) is 0 Å². The topological polar surface area (TPSA) is 23.8 Å². The van der Waals surface area contributed by atoms with Crippen molar-refractivity contribution in [3.05, 3.63) is 30.3 Å². The number of hydrogen-bond donors (Lipinski definition) is 0. The van der Waals surface area contributed by atoms with Crippen molar-refractivity contribution in [2.45, 2.75) is 0 Å². The molecule has 0 N–H and O–H groups in total. The summed E-state index contributed by atoms with van der Waals surface area (Å²) in [6.07, 6.45) is 0. The van der Waals surface area contributed by atoms with E-state index >= 15 is 0 Å². The first-order chi connectivity index (χ1) is 5.38. The van der Waals surface area contributed by atoms with E-state index in [0.29, 0.717) is 5.62 Å². The lowest BCUT2D eigenvalue weighted by Gasteiger charge is -2.02. The second kappa shape index (κ2) is 4.34. The van der Waals surface area contributed by atoms with Crippen molar-refractivity contribution in [1.29, 1.82) is 5.26 Å². The largest absolute Gasteiger partial charge is 0.193 e. The summed E-state index contributed by atoms with van der Waals surface area (Å²) in [6.45, 7) is 0. The Hall–Kier alpha value is -0.570. The lowest BCUT2D eigenvalue weighted by molar-refractivity contribution is 1.56. The molecule has 0 spiro atoms. The van der Waals surface area contributed by atoms with Crippen LogP contribution in [-0.4, -0.2) is 5.62 Å². The zero-order valence-electron chi connectivity index (χ0n) is 5.87. The number of rotatable bonds is 2. The van der Waals surface area contributed by atoms with Crippen LogP contribution in [0.4, 0.5) is 0 Å². The minimum absolute atomic E-state index is 0.426. The van der Waals surface area contributed by atoms with E-state index in [1.807, 2.05) is 30.3 Å². The van der Waals surface area contributed by atoms with E-state index in [1.165, 1.54) is 0 Å². The summed E-state index contributed by atoms with van der Waals surface area (Å²) in [5.74, 6) is 2.20. The summed E-state index contributed by atoms with van der Waals surface area (Å²) in [4.78, 5) is 0. The minimum atomic E-state index is -0.780. The van der Waals surface area contributed by atoms with Crippen molar-refractivity contribution in [3.63, 3.8) is 0 Å². The molecule has 0 amide bonds. The van der Waals surface area contributed by atoms with Gasteiger partial charge in [-0.25, -0.2) is 0 Å². The molecule has 0 heterocycles. The van der Waals surface area contributed by atoms with Gasteiger partial charge in [0.1, 0.15) is 0 Å². The summed E-state index contributed by atoms with van der Waals surface area (Å²) in [5.41, 5.74) is 0.426. The number of hydrogen-bond acceptors (Lipinski definition) is 1. The molecule has 0 fully saturated rings. The molecule has 0 saturated carbocycles. The SMILES string of the molecule is N#CP(CCl)c1ccccc1. The first-order valence-corrected chi connectivity index (χ1v) is 5.23. The summed E-state index contributed by atoms with van der Waals surface area (Å²) >= 11 is 5.61. The van der Waals surface area contributed by atoms with E-state index < -0.39 is 7.92 Å². The molecule has 1 aromatic rings. The maximum Gasteiger partial charge on any atom is 0.0933 e. The second-order valence-corrected chi connectivity index (χ2v) is 4.51. The third-order valence-corrected chi connectivity index (χ3v) is 3.43. The zero-order chi connectivity index (χ0) is 8.10. The van der Waals surface area contributed by atoms with Crippen molar-refractivity contribution in [3.8, 4) is 5.81 Å². The van der Waals surface area contributed by atoms with Gasteiger partial charge in [-0.2, -0.15) is 5.26 Å². The van der Waals surface area contributed by atoms with E-state index in [4.69, 9.17) is 16.9 Å². The predicted octanol–water partition coefficient (Wildman–Crippen LogP) is 2.47. The monoisotopic (exact) mass is 183 g/mol. The average molecular weight is 184 g/mol. The molecule has 1 atom stereocenters. The zero-order valence-corrected chi connectivity index (χ0v) is 7.52. The normalized spacial score (nSPS) is 12.0. The highest BCUT2D eigenvalue weighted by Crippen LogP contribution is 2.33. The number of benzene rings is 1. The second-order valence-electron chi connectivity index (χ2n) is 1.98. The molecular formula is C8H7ClNP. The van der Waals surface area contributed by atoms with Crippen molar-refractivity contribution >= 4 is 24.8 Å². The van der Waals surface area contributed by atoms with Crippen LogP contribution < -0.4 is 5.30 Å². The van der Waals surface area contributed by atoms with Gasteiger partial charge in [-0.15, -0.1) is 11.6 Å². The van der Waals surface area contributed by atoms with Gasteiger partial charge in [0.05, 0.1) is 11.4 Å². The third kappa shape index (κ3) is 2.19. The van der Waals surface area contributed by atoms with Gasteiger partial charge in [0.25, 0.3) is 0 Å². The van der Waals surface area contributed by atoms with Gasteiger partial charge >= 0.3 is 0 Å². The molecule has 56 valence electrons. The van der Waals surface area contributed by atoms with Crippen LogP contribution in [0.5, 0.6) is 0 Å². The quantitative estimate of drug-likeness (QED) is 0.511. The molecule has 0 bridgehead atoms. The lowest BCUT2D eigenvalue weighted by Crippen LogP contribution is -1.97. The van der Waals surface area contributed by atoms with Crippen molar-refractivity contribution in [2.75, 3.05) is 5.62 Å². The molecule has 1 rings (SSSR count).